The summed E-state index contributed by atoms with van der Waals surface area (Å²) < 4.78 is 26.5. The molecule has 7 nitrogen and oxygen atoms in total. The van der Waals surface area contributed by atoms with Gasteiger partial charge in [-0.1, -0.05) is 71.7 Å². The largest absolute Gasteiger partial charge is 0.357 e. The van der Waals surface area contributed by atoms with Crippen molar-refractivity contribution in [3.05, 3.63) is 99.5 Å². The number of halogens is 2. The van der Waals surface area contributed by atoms with Crippen LogP contribution in [0, 0.1) is 6.92 Å². The number of anilines is 1. The van der Waals surface area contributed by atoms with Gasteiger partial charge in [0, 0.05) is 43.0 Å². The molecule has 3 rings (SSSR count). The van der Waals surface area contributed by atoms with E-state index in [-0.39, 0.29) is 37.7 Å². The Labute approximate surface area is 240 Å². The van der Waals surface area contributed by atoms with Gasteiger partial charge in [0.1, 0.15) is 6.04 Å². The molecule has 0 saturated heterocycles. The van der Waals surface area contributed by atoms with Gasteiger partial charge in [0.2, 0.25) is 21.8 Å². The first-order chi connectivity index (χ1) is 18.5. The third kappa shape index (κ3) is 8.71. The number of aryl methyl sites for hydroxylation is 1. The van der Waals surface area contributed by atoms with Crippen molar-refractivity contribution >= 4 is 50.7 Å². The van der Waals surface area contributed by atoms with Gasteiger partial charge in [0.05, 0.1) is 11.9 Å². The quantitative estimate of drug-likeness (QED) is 0.313. The first-order valence-electron chi connectivity index (χ1n) is 12.5. The molecule has 0 saturated carbocycles. The number of benzene rings is 3. The molecule has 0 heterocycles. The lowest BCUT2D eigenvalue weighted by Crippen LogP contribution is -2.49. The van der Waals surface area contributed by atoms with Crippen LogP contribution in [0.1, 0.15) is 29.5 Å². The molecule has 2 amide bonds. The van der Waals surface area contributed by atoms with E-state index in [1.54, 1.807) is 49.2 Å². The van der Waals surface area contributed by atoms with Crippen LogP contribution in [-0.4, -0.2) is 51.0 Å². The summed E-state index contributed by atoms with van der Waals surface area (Å²) >= 11 is 12.2. The zero-order valence-corrected chi connectivity index (χ0v) is 24.6. The average Bonchev–Trinajstić information content (AvgIpc) is 2.90. The summed E-state index contributed by atoms with van der Waals surface area (Å²) in [6.07, 6.45) is 1.75. The van der Waals surface area contributed by atoms with E-state index in [0.717, 1.165) is 22.9 Å². The predicted octanol–water partition coefficient (Wildman–Crippen LogP) is 5.23. The van der Waals surface area contributed by atoms with Gasteiger partial charge in [0.15, 0.2) is 0 Å². The summed E-state index contributed by atoms with van der Waals surface area (Å²) in [5.74, 6) is -0.542. The van der Waals surface area contributed by atoms with E-state index in [0.29, 0.717) is 22.2 Å². The molecule has 0 bridgehead atoms. The standard InChI is InChI=1S/C29H33Cl2N3O4S/c1-21-11-14-25(31)19-26(21)34(39(3,37)38)17-7-10-28(35)33(20-23-12-15-24(30)16-13-23)27(29(36)32-2)18-22-8-5-4-6-9-22/h4-6,8-9,11-16,19,27H,7,10,17-18,20H2,1-3H3,(H,32,36). The molecule has 208 valence electrons. The van der Waals surface area contributed by atoms with Gasteiger partial charge in [-0.15, -0.1) is 0 Å². The van der Waals surface area contributed by atoms with Gasteiger partial charge < -0.3 is 10.2 Å². The fraction of sp³-hybridized carbons (Fsp3) is 0.310. The third-order valence-corrected chi connectivity index (χ3v) is 8.04. The molecule has 0 fully saturated rings. The summed E-state index contributed by atoms with van der Waals surface area (Å²) in [6.45, 7) is 2.09. The number of nitrogens with one attached hydrogen (secondary N) is 1. The molecule has 1 atom stereocenters. The van der Waals surface area contributed by atoms with Crippen LogP contribution in [0.3, 0.4) is 0 Å². The van der Waals surface area contributed by atoms with Crippen molar-refractivity contribution in [2.45, 2.75) is 38.8 Å². The Morgan fingerprint density at radius 2 is 1.56 bits per heavy atom. The van der Waals surface area contributed by atoms with Gasteiger partial charge in [-0.3, -0.25) is 13.9 Å². The van der Waals surface area contributed by atoms with Crippen LogP contribution in [-0.2, 0) is 32.6 Å². The van der Waals surface area contributed by atoms with E-state index in [1.807, 2.05) is 42.5 Å². The number of carbonyl (C=O) groups excluding carboxylic acids is 2. The molecule has 0 aliphatic rings. The average molecular weight is 591 g/mol. The van der Waals surface area contributed by atoms with Crippen LogP contribution in [0.5, 0.6) is 0 Å². The summed E-state index contributed by atoms with van der Waals surface area (Å²) in [6, 6.07) is 20.9. The molecule has 0 aliphatic heterocycles. The second-order valence-corrected chi connectivity index (χ2v) is 12.1. The molecule has 1 unspecified atom stereocenters. The van der Waals surface area contributed by atoms with Crippen molar-refractivity contribution in [1.29, 1.82) is 0 Å². The summed E-state index contributed by atoms with van der Waals surface area (Å²) in [4.78, 5) is 28.3. The van der Waals surface area contributed by atoms with Crippen molar-refractivity contribution < 1.29 is 18.0 Å². The Balaban J connectivity index is 1.86. The minimum atomic E-state index is -3.63. The molecule has 1 N–H and O–H groups in total. The van der Waals surface area contributed by atoms with Gasteiger partial charge >= 0.3 is 0 Å². The number of carbonyl (C=O) groups is 2. The Morgan fingerprint density at radius 1 is 0.923 bits per heavy atom. The SMILES string of the molecule is CNC(=O)C(Cc1ccccc1)N(Cc1ccc(Cl)cc1)C(=O)CCCN(c1cc(Cl)ccc1C)S(C)(=O)=O. The number of amides is 2. The fourth-order valence-corrected chi connectivity index (χ4v) is 5.65. The van der Waals surface area contributed by atoms with Crippen LogP contribution in [0.4, 0.5) is 5.69 Å². The monoisotopic (exact) mass is 589 g/mol. The molecule has 10 heteroatoms. The van der Waals surface area contributed by atoms with E-state index < -0.39 is 16.1 Å². The molecule has 0 aliphatic carbocycles. The Morgan fingerprint density at radius 3 is 2.18 bits per heavy atom. The first kappa shape index (κ1) is 30.5. The van der Waals surface area contributed by atoms with Gasteiger partial charge in [-0.2, -0.15) is 0 Å². The maximum Gasteiger partial charge on any atom is 0.242 e. The van der Waals surface area contributed by atoms with Crippen LogP contribution in [0.15, 0.2) is 72.8 Å². The van der Waals surface area contributed by atoms with Crippen molar-refractivity contribution in [3.8, 4) is 0 Å². The van der Waals surface area contributed by atoms with Crippen LogP contribution >= 0.6 is 23.2 Å². The highest BCUT2D eigenvalue weighted by atomic mass is 35.5. The van der Waals surface area contributed by atoms with Gasteiger partial charge in [-0.25, -0.2) is 8.42 Å². The normalized spacial score (nSPS) is 12.0. The molecule has 0 aromatic heterocycles. The molecular formula is C29H33Cl2N3O4S. The number of likely N-dealkylation sites (N-methyl/N-ethyl adjacent to an activating group) is 1. The number of rotatable bonds is 12. The van der Waals surface area contributed by atoms with E-state index in [4.69, 9.17) is 23.2 Å². The summed E-state index contributed by atoms with van der Waals surface area (Å²) in [5, 5.41) is 3.68. The molecular weight excluding hydrogens is 557 g/mol. The Hall–Kier alpha value is -3.07. The zero-order chi connectivity index (χ0) is 28.6. The van der Waals surface area contributed by atoms with Crippen LogP contribution in [0.25, 0.3) is 0 Å². The van der Waals surface area contributed by atoms with E-state index in [1.165, 1.54) is 4.31 Å². The Bertz CT molecular complexity index is 1380. The second-order valence-electron chi connectivity index (χ2n) is 9.34. The maximum absolute atomic E-state index is 13.7. The number of nitrogens with zero attached hydrogens (tertiary/aromatic N) is 2. The topological polar surface area (TPSA) is 86.8 Å². The maximum atomic E-state index is 13.7. The van der Waals surface area contributed by atoms with Crippen LogP contribution < -0.4 is 9.62 Å². The molecule has 3 aromatic carbocycles. The molecule has 0 radical (unpaired) electrons. The minimum absolute atomic E-state index is 0.0432. The van der Waals surface area contributed by atoms with Crippen molar-refractivity contribution in [2.75, 3.05) is 24.2 Å². The lowest BCUT2D eigenvalue weighted by atomic mass is 10.0. The van der Waals surface area contributed by atoms with Gasteiger partial charge in [0.25, 0.3) is 0 Å². The van der Waals surface area contributed by atoms with Crippen molar-refractivity contribution in [2.24, 2.45) is 0 Å². The lowest BCUT2D eigenvalue weighted by molar-refractivity contribution is -0.141. The number of hydrogen-bond acceptors (Lipinski definition) is 4. The Kier molecular flexibility index (Phi) is 10.8. The first-order valence-corrected chi connectivity index (χ1v) is 15.1. The highest BCUT2D eigenvalue weighted by Gasteiger charge is 2.30. The van der Waals surface area contributed by atoms with E-state index >= 15 is 0 Å². The second kappa shape index (κ2) is 13.8. The van der Waals surface area contributed by atoms with E-state index in [2.05, 4.69) is 5.32 Å². The minimum Gasteiger partial charge on any atom is -0.357 e. The van der Waals surface area contributed by atoms with Crippen molar-refractivity contribution in [1.82, 2.24) is 10.2 Å². The molecule has 39 heavy (non-hydrogen) atoms. The third-order valence-electron chi connectivity index (χ3n) is 6.38. The highest BCUT2D eigenvalue weighted by molar-refractivity contribution is 7.92. The summed E-state index contributed by atoms with van der Waals surface area (Å²) in [7, 11) is -2.09. The zero-order valence-electron chi connectivity index (χ0n) is 22.2. The van der Waals surface area contributed by atoms with Gasteiger partial charge in [-0.05, 0) is 54.3 Å². The van der Waals surface area contributed by atoms with E-state index in [9.17, 15) is 18.0 Å². The fourth-order valence-electron chi connectivity index (χ4n) is 4.34. The van der Waals surface area contributed by atoms with Crippen molar-refractivity contribution in [3.63, 3.8) is 0 Å². The molecule has 3 aromatic rings. The highest BCUT2D eigenvalue weighted by Crippen LogP contribution is 2.27. The molecule has 0 spiro atoms. The predicted molar refractivity (Wildman–Crippen MR) is 158 cm³/mol. The lowest BCUT2D eigenvalue weighted by Gasteiger charge is -2.31. The van der Waals surface area contributed by atoms with Crippen LogP contribution in [0.2, 0.25) is 10.0 Å². The summed E-state index contributed by atoms with van der Waals surface area (Å²) in [5.41, 5.74) is 2.97. The number of sulfonamides is 1. The number of hydrogen-bond donors (Lipinski definition) is 1. The smallest absolute Gasteiger partial charge is 0.242 e.